The van der Waals surface area contributed by atoms with Crippen molar-refractivity contribution in [2.24, 2.45) is 5.84 Å². The van der Waals surface area contributed by atoms with E-state index in [4.69, 9.17) is 10.6 Å². The second-order valence-corrected chi connectivity index (χ2v) is 5.22. The van der Waals surface area contributed by atoms with Gasteiger partial charge >= 0.3 is 0 Å². The van der Waals surface area contributed by atoms with Crippen molar-refractivity contribution < 1.29 is 9.13 Å². The molecular weight excluding hydrogens is 251 g/mol. The Labute approximate surface area is 109 Å². The number of hydrogen-bond acceptors (Lipinski definition) is 4. The first-order chi connectivity index (χ1) is 8.67. The predicted octanol–water partition coefficient (Wildman–Crippen LogP) is 2.76. The number of aryl methyl sites for hydroxylation is 1. The van der Waals surface area contributed by atoms with Gasteiger partial charge in [-0.3, -0.25) is 5.84 Å². The molecule has 0 aliphatic carbocycles. The number of hydrogen-bond donors (Lipinski definition) is 2. The van der Waals surface area contributed by atoms with E-state index in [2.05, 4.69) is 5.43 Å². The van der Waals surface area contributed by atoms with Crippen LogP contribution >= 0.6 is 11.3 Å². The lowest BCUT2D eigenvalue weighted by Gasteiger charge is -2.18. The van der Waals surface area contributed by atoms with Crippen molar-refractivity contribution in [2.75, 3.05) is 7.11 Å². The molecule has 5 heteroatoms. The minimum Gasteiger partial charge on any atom is -0.496 e. The average Bonchev–Trinajstić information content (AvgIpc) is 2.78. The average molecular weight is 266 g/mol. The highest BCUT2D eigenvalue weighted by molar-refractivity contribution is 7.12. The van der Waals surface area contributed by atoms with Crippen LogP contribution in [0.5, 0.6) is 5.75 Å². The van der Waals surface area contributed by atoms with Gasteiger partial charge in [-0.15, -0.1) is 11.3 Å². The number of hydrazine groups is 1. The molecule has 3 N–H and O–H groups in total. The van der Waals surface area contributed by atoms with Crippen molar-refractivity contribution in [2.45, 2.75) is 13.0 Å². The SMILES string of the molecule is COc1cccc(F)c1C(NN)c1ccc(C)s1. The molecule has 1 aromatic heterocycles. The van der Waals surface area contributed by atoms with Crippen LogP contribution in [-0.4, -0.2) is 7.11 Å². The van der Waals surface area contributed by atoms with Crippen molar-refractivity contribution in [3.8, 4) is 5.75 Å². The number of benzene rings is 1. The number of halogens is 1. The maximum Gasteiger partial charge on any atom is 0.132 e. The minimum absolute atomic E-state index is 0.330. The lowest BCUT2D eigenvalue weighted by Crippen LogP contribution is -2.29. The Morgan fingerprint density at radius 2 is 2.11 bits per heavy atom. The molecule has 0 spiro atoms. The van der Waals surface area contributed by atoms with Gasteiger partial charge in [-0.1, -0.05) is 6.07 Å². The number of methoxy groups -OCH3 is 1. The van der Waals surface area contributed by atoms with Crippen LogP contribution in [0, 0.1) is 12.7 Å². The van der Waals surface area contributed by atoms with E-state index in [1.165, 1.54) is 13.2 Å². The topological polar surface area (TPSA) is 47.3 Å². The summed E-state index contributed by atoms with van der Waals surface area (Å²) in [5.74, 6) is 5.73. The maximum absolute atomic E-state index is 14.0. The summed E-state index contributed by atoms with van der Waals surface area (Å²) in [7, 11) is 1.52. The zero-order chi connectivity index (χ0) is 13.1. The third-order valence-corrected chi connectivity index (χ3v) is 3.80. The van der Waals surface area contributed by atoms with Gasteiger partial charge in [0, 0.05) is 9.75 Å². The molecule has 2 aromatic rings. The second-order valence-electron chi connectivity index (χ2n) is 3.90. The number of nitrogens with two attached hydrogens (primary N) is 1. The molecule has 1 heterocycles. The Morgan fingerprint density at radius 3 is 2.67 bits per heavy atom. The van der Waals surface area contributed by atoms with Gasteiger partial charge < -0.3 is 4.74 Å². The fourth-order valence-corrected chi connectivity index (χ4v) is 2.84. The minimum atomic E-state index is -0.403. The largest absolute Gasteiger partial charge is 0.496 e. The summed E-state index contributed by atoms with van der Waals surface area (Å²) >= 11 is 1.58. The Balaban J connectivity index is 2.51. The first kappa shape index (κ1) is 13.0. The van der Waals surface area contributed by atoms with Gasteiger partial charge in [-0.2, -0.15) is 0 Å². The van der Waals surface area contributed by atoms with Crippen molar-refractivity contribution in [3.05, 3.63) is 51.5 Å². The standard InChI is InChI=1S/C13H15FN2OS/c1-8-6-7-11(18-8)13(16-15)12-9(14)4-3-5-10(12)17-2/h3-7,13,16H,15H2,1-2H3. The molecule has 0 saturated heterocycles. The molecule has 0 aliphatic rings. The van der Waals surface area contributed by atoms with Crippen molar-refractivity contribution in [1.29, 1.82) is 0 Å². The molecule has 2 rings (SSSR count). The quantitative estimate of drug-likeness (QED) is 0.661. The third-order valence-electron chi connectivity index (χ3n) is 2.73. The lowest BCUT2D eigenvalue weighted by atomic mass is 10.0. The van der Waals surface area contributed by atoms with Crippen LogP contribution in [0.15, 0.2) is 30.3 Å². The molecular formula is C13H15FN2OS. The number of ether oxygens (including phenoxy) is 1. The lowest BCUT2D eigenvalue weighted by molar-refractivity contribution is 0.397. The number of thiophene rings is 1. The number of rotatable bonds is 4. The summed E-state index contributed by atoms with van der Waals surface area (Å²) in [5.41, 5.74) is 3.09. The summed E-state index contributed by atoms with van der Waals surface area (Å²) in [6.45, 7) is 2.00. The smallest absolute Gasteiger partial charge is 0.132 e. The van der Waals surface area contributed by atoms with Crippen molar-refractivity contribution >= 4 is 11.3 Å². The summed E-state index contributed by atoms with van der Waals surface area (Å²) in [5, 5.41) is 0. The van der Waals surface area contributed by atoms with Gasteiger partial charge in [0.05, 0.1) is 18.7 Å². The Morgan fingerprint density at radius 1 is 1.33 bits per heavy atom. The van der Waals surface area contributed by atoms with Crippen LogP contribution in [0.1, 0.15) is 21.4 Å². The molecule has 0 radical (unpaired) electrons. The predicted molar refractivity (Wildman–Crippen MR) is 71.2 cm³/mol. The van der Waals surface area contributed by atoms with Crippen LogP contribution < -0.4 is 16.0 Å². The van der Waals surface area contributed by atoms with Crippen molar-refractivity contribution in [1.82, 2.24) is 5.43 Å². The zero-order valence-electron chi connectivity index (χ0n) is 10.2. The fraction of sp³-hybridized carbons (Fsp3) is 0.231. The van der Waals surface area contributed by atoms with Crippen LogP contribution in [0.2, 0.25) is 0 Å². The Hall–Kier alpha value is -1.43. The third kappa shape index (κ3) is 2.38. The highest BCUT2D eigenvalue weighted by atomic mass is 32.1. The molecule has 3 nitrogen and oxygen atoms in total. The van der Waals surface area contributed by atoms with Gasteiger partial charge in [0.2, 0.25) is 0 Å². The van der Waals surface area contributed by atoms with Crippen LogP contribution in [-0.2, 0) is 0 Å². The second kappa shape index (κ2) is 5.48. The molecule has 0 fully saturated rings. The zero-order valence-corrected chi connectivity index (χ0v) is 11.1. The van der Waals surface area contributed by atoms with E-state index < -0.39 is 6.04 Å². The van der Waals surface area contributed by atoms with E-state index in [1.54, 1.807) is 23.5 Å². The molecule has 1 aromatic carbocycles. The number of nitrogens with one attached hydrogen (secondary N) is 1. The van der Waals surface area contributed by atoms with Gasteiger partial charge in [0.1, 0.15) is 11.6 Å². The summed E-state index contributed by atoms with van der Waals surface area (Å²) in [4.78, 5) is 2.11. The molecule has 96 valence electrons. The first-order valence-corrected chi connectivity index (χ1v) is 6.34. The van der Waals surface area contributed by atoms with E-state index in [-0.39, 0.29) is 5.82 Å². The monoisotopic (exact) mass is 266 g/mol. The van der Waals surface area contributed by atoms with E-state index in [0.717, 1.165) is 9.75 Å². The van der Waals surface area contributed by atoms with E-state index in [0.29, 0.717) is 11.3 Å². The maximum atomic E-state index is 14.0. The summed E-state index contributed by atoms with van der Waals surface area (Å²) < 4.78 is 19.2. The van der Waals surface area contributed by atoms with Gasteiger partial charge in [0.25, 0.3) is 0 Å². The summed E-state index contributed by atoms with van der Waals surface area (Å²) in [6, 6.07) is 8.27. The van der Waals surface area contributed by atoms with Gasteiger partial charge in [0.15, 0.2) is 0 Å². The Bertz CT molecular complexity index is 542. The molecule has 18 heavy (non-hydrogen) atoms. The van der Waals surface area contributed by atoms with E-state index >= 15 is 0 Å². The molecule has 1 atom stereocenters. The molecule has 0 saturated carbocycles. The molecule has 0 amide bonds. The molecule has 0 aliphatic heterocycles. The highest BCUT2D eigenvalue weighted by Gasteiger charge is 2.22. The van der Waals surface area contributed by atoms with Crippen LogP contribution in [0.4, 0.5) is 4.39 Å². The first-order valence-electron chi connectivity index (χ1n) is 5.52. The molecule has 0 bridgehead atoms. The van der Waals surface area contributed by atoms with E-state index in [9.17, 15) is 4.39 Å². The normalized spacial score (nSPS) is 12.4. The van der Waals surface area contributed by atoms with Crippen LogP contribution in [0.3, 0.4) is 0 Å². The van der Waals surface area contributed by atoms with Gasteiger partial charge in [-0.25, -0.2) is 9.82 Å². The highest BCUT2D eigenvalue weighted by Crippen LogP contribution is 2.34. The fourth-order valence-electron chi connectivity index (χ4n) is 1.89. The summed E-state index contributed by atoms with van der Waals surface area (Å²) in [6.07, 6.45) is 0. The van der Waals surface area contributed by atoms with Crippen molar-refractivity contribution in [3.63, 3.8) is 0 Å². The van der Waals surface area contributed by atoms with Crippen LogP contribution in [0.25, 0.3) is 0 Å². The molecule has 1 unspecified atom stereocenters. The van der Waals surface area contributed by atoms with E-state index in [1.807, 2.05) is 19.1 Å². The van der Waals surface area contributed by atoms with Gasteiger partial charge in [-0.05, 0) is 31.2 Å². The Kier molecular flexibility index (Phi) is 3.96.